The monoisotopic (exact) mass is 356 g/mol. The van der Waals surface area contributed by atoms with Crippen LogP contribution >= 0.6 is 0 Å². The first-order valence-electron chi connectivity index (χ1n) is 8.56. The molecule has 2 aromatic rings. The van der Waals surface area contributed by atoms with Crippen molar-refractivity contribution in [2.24, 2.45) is 0 Å². The number of hydrogen-bond donors (Lipinski definition) is 1. The Labute approximate surface area is 151 Å². The Morgan fingerprint density at radius 2 is 1.88 bits per heavy atom. The highest BCUT2D eigenvalue weighted by atomic mass is 19.1. The van der Waals surface area contributed by atoms with Gasteiger partial charge >= 0.3 is 0 Å². The molecular formula is C19H21FN4O2. The maximum absolute atomic E-state index is 15.0. The van der Waals surface area contributed by atoms with Gasteiger partial charge in [-0.1, -0.05) is 0 Å². The second kappa shape index (κ2) is 7.59. The topological polar surface area (TPSA) is 75.2 Å². The van der Waals surface area contributed by atoms with Gasteiger partial charge < -0.3 is 10.2 Å². The number of rotatable bonds is 4. The van der Waals surface area contributed by atoms with E-state index in [-0.39, 0.29) is 38.4 Å². The highest BCUT2D eigenvalue weighted by Crippen LogP contribution is 2.27. The second-order valence-electron chi connectivity index (χ2n) is 6.48. The van der Waals surface area contributed by atoms with Crippen LogP contribution in [0.25, 0.3) is 0 Å². The van der Waals surface area contributed by atoms with Crippen molar-refractivity contribution < 1.29 is 14.0 Å². The summed E-state index contributed by atoms with van der Waals surface area (Å²) < 4.78 is 15.0. The van der Waals surface area contributed by atoms with Gasteiger partial charge in [-0.15, -0.1) is 0 Å². The van der Waals surface area contributed by atoms with Crippen LogP contribution in [0.3, 0.4) is 0 Å². The van der Waals surface area contributed by atoms with E-state index in [4.69, 9.17) is 0 Å². The molecular weight excluding hydrogens is 335 g/mol. The fourth-order valence-electron chi connectivity index (χ4n) is 2.91. The Kier molecular flexibility index (Phi) is 5.25. The van der Waals surface area contributed by atoms with Crippen molar-refractivity contribution in [2.75, 3.05) is 13.1 Å². The molecule has 0 unspecified atom stereocenters. The SMILES string of the molecule is Cc1ccc(C(=O)N2CCC(F)(C(=O)NCc3ccncc3)CC2)cn1. The fourth-order valence-corrected chi connectivity index (χ4v) is 2.91. The Morgan fingerprint density at radius 1 is 1.19 bits per heavy atom. The lowest BCUT2D eigenvalue weighted by Gasteiger charge is -2.35. The summed E-state index contributed by atoms with van der Waals surface area (Å²) in [5, 5.41) is 2.64. The van der Waals surface area contributed by atoms with Crippen LogP contribution < -0.4 is 5.32 Å². The maximum Gasteiger partial charge on any atom is 0.258 e. The zero-order chi connectivity index (χ0) is 18.6. The van der Waals surface area contributed by atoms with Crippen LogP contribution in [-0.4, -0.2) is 45.4 Å². The highest BCUT2D eigenvalue weighted by molar-refractivity contribution is 5.94. The van der Waals surface area contributed by atoms with Crippen molar-refractivity contribution in [3.63, 3.8) is 0 Å². The number of piperidine rings is 1. The predicted octanol–water partition coefficient (Wildman–Crippen LogP) is 2.05. The summed E-state index contributed by atoms with van der Waals surface area (Å²) in [5.74, 6) is -0.810. The summed E-state index contributed by atoms with van der Waals surface area (Å²) in [7, 11) is 0. The largest absolute Gasteiger partial charge is 0.349 e. The number of nitrogens with one attached hydrogen (secondary N) is 1. The van der Waals surface area contributed by atoms with E-state index < -0.39 is 11.6 Å². The molecule has 1 aliphatic heterocycles. The zero-order valence-electron chi connectivity index (χ0n) is 14.6. The first-order valence-corrected chi connectivity index (χ1v) is 8.56. The van der Waals surface area contributed by atoms with E-state index in [9.17, 15) is 14.0 Å². The summed E-state index contributed by atoms with van der Waals surface area (Å²) in [6.07, 6.45) is 4.74. The van der Waals surface area contributed by atoms with Gasteiger partial charge in [0.2, 0.25) is 0 Å². The Hall–Kier alpha value is -2.83. The van der Waals surface area contributed by atoms with Gasteiger partial charge in [0.05, 0.1) is 5.56 Å². The molecule has 0 bridgehead atoms. The number of aromatic nitrogens is 2. The van der Waals surface area contributed by atoms with E-state index in [1.807, 2.05) is 6.92 Å². The molecule has 0 saturated carbocycles. The van der Waals surface area contributed by atoms with Crippen LogP contribution in [0.5, 0.6) is 0 Å². The third-order valence-electron chi connectivity index (χ3n) is 4.61. The fraction of sp³-hybridized carbons (Fsp3) is 0.368. The van der Waals surface area contributed by atoms with Crippen molar-refractivity contribution in [2.45, 2.75) is 32.0 Å². The number of amides is 2. The lowest BCUT2D eigenvalue weighted by atomic mass is 9.92. The number of carbonyl (C=O) groups is 2. The zero-order valence-corrected chi connectivity index (χ0v) is 14.6. The van der Waals surface area contributed by atoms with Crippen LogP contribution in [0.2, 0.25) is 0 Å². The van der Waals surface area contributed by atoms with Crippen LogP contribution in [0.1, 0.15) is 34.5 Å². The summed E-state index contributed by atoms with van der Waals surface area (Å²) in [4.78, 5) is 34.3. The number of pyridine rings is 2. The Balaban J connectivity index is 1.55. The number of nitrogens with zero attached hydrogens (tertiary/aromatic N) is 3. The summed E-state index contributed by atoms with van der Waals surface area (Å²) >= 11 is 0. The molecule has 1 fully saturated rings. The minimum absolute atomic E-state index is 0.0137. The first-order chi connectivity index (χ1) is 12.5. The molecule has 3 heterocycles. The number of carbonyl (C=O) groups excluding carboxylic acids is 2. The molecule has 1 N–H and O–H groups in total. The van der Waals surface area contributed by atoms with Gasteiger partial charge in [-0.3, -0.25) is 19.6 Å². The molecule has 0 radical (unpaired) electrons. The molecule has 7 heteroatoms. The average Bonchev–Trinajstić information content (AvgIpc) is 2.67. The maximum atomic E-state index is 15.0. The number of aryl methyl sites for hydroxylation is 1. The summed E-state index contributed by atoms with van der Waals surface area (Å²) in [5.41, 5.74) is 0.212. The molecule has 136 valence electrons. The van der Waals surface area contributed by atoms with E-state index in [1.165, 1.54) is 6.20 Å². The Bertz CT molecular complexity index is 772. The van der Waals surface area contributed by atoms with E-state index in [0.717, 1.165) is 11.3 Å². The molecule has 1 aliphatic rings. The minimum Gasteiger partial charge on any atom is -0.349 e. The molecule has 0 aromatic carbocycles. The number of hydrogen-bond acceptors (Lipinski definition) is 4. The van der Waals surface area contributed by atoms with Gasteiger partial charge in [0.25, 0.3) is 11.8 Å². The van der Waals surface area contributed by atoms with Gasteiger partial charge in [-0.05, 0) is 36.8 Å². The van der Waals surface area contributed by atoms with Crippen molar-refractivity contribution in [1.82, 2.24) is 20.2 Å². The first kappa shape index (κ1) is 18.0. The number of likely N-dealkylation sites (tertiary alicyclic amines) is 1. The van der Waals surface area contributed by atoms with Crippen molar-refractivity contribution in [3.05, 3.63) is 59.7 Å². The molecule has 0 aliphatic carbocycles. The van der Waals surface area contributed by atoms with Crippen LogP contribution in [0.4, 0.5) is 4.39 Å². The molecule has 26 heavy (non-hydrogen) atoms. The van der Waals surface area contributed by atoms with Gasteiger partial charge in [0.15, 0.2) is 5.67 Å². The number of alkyl halides is 1. The smallest absolute Gasteiger partial charge is 0.258 e. The third-order valence-corrected chi connectivity index (χ3v) is 4.61. The van der Waals surface area contributed by atoms with E-state index in [1.54, 1.807) is 41.6 Å². The van der Waals surface area contributed by atoms with E-state index >= 15 is 0 Å². The lowest BCUT2D eigenvalue weighted by Crippen LogP contribution is -2.52. The van der Waals surface area contributed by atoms with Crippen molar-refractivity contribution in [1.29, 1.82) is 0 Å². The summed E-state index contributed by atoms with van der Waals surface area (Å²) in [6.45, 7) is 2.50. The van der Waals surface area contributed by atoms with Crippen molar-refractivity contribution in [3.8, 4) is 0 Å². The standard InChI is InChI=1S/C19H21FN4O2/c1-14-2-3-16(13-22-14)17(25)24-10-6-19(20,7-11-24)18(26)23-12-15-4-8-21-9-5-15/h2-5,8-9,13H,6-7,10-12H2,1H3,(H,23,26). The quantitative estimate of drug-likeness (QED) is 0.910. The van der Waals surface area contributed by atoms with E-state index in [0.29, 0.717) is 5.56 Å². The van der Waals surface area contributed by atoms with Crippen molar-refractivity contribution >= 4 is 11.8 Å². The summed E-state index contributed by atoms with van der Waals surface area (Å²) in [6, 6.07) is 7.01. The van der Waals surface area contributed by atoms with Gasteiger partial charge in [-0.2, -0.15) is 0 Å². The predicted molar refractivity (Wildman–Crippen MR) is 94.0 cm³/mol. The molecule has 0 atom stereocenters. The molecule has 1 saturated heterocycles. The molecule has 2 aromatic heterocycles. The van der Waals surface area contributed by atoms with Crippen LogP contribution in [0, 0.1) is 6.92 Å². The van der Waals surface area contributed by atoms with Gasteiger partial charge in [-0.25, -0.2) is 4.39 Å². The van der Waals surface area contributed by atoms with Gasteiger partial charge in [0.1, 0.15) is 0 Å². The third kappa shape index (κ3) is 4.04. The van der Waals surface area contributed by atoms with E-state index in [2.05, 4.69) is 15.3 Å². The molecule has 3 rings (SSSR count). The van der Waals surface area contributed by atoms with Crippen LogP contribution in [-0.2, 0) is 11.3 Å². The van der Waals surface area contributed by atoms with Gasteiger partial charge in [0, 0.05) is 56.8 Å². The molecule has 0 spiro atoms. The molecule has 2 amide bonds. The number of halogens is 1. The normalized spacial score (nSPS) is 16.2. The lowest BCUT2D eigenvalue weighted by molar-refractivity contribution is -0.135. The minimum atomic E-state index is -1.95. The van der Waals surface area contributed by atoms with Crippen LogP contribution in [0.15, 0.2) is 42.9 Å². The highest BCUT2D eigenvalue weighted by Gasteiger charge is 2.42. The Morgan fingerprint density at radius 3 is 2.50 bits per heavy atom. The average molecular weight is 356 g/mol. The molecule has 6 nitrogen and oxygen atoms in total. The second-order valence-corrected chi connectivity index (χ2v) is 6.48.